The highest BCUT2D eigenvalue weighted by Crippen LogP contribution is 2.17. The summed E-state index contributed by atoms with van der Waals surface area (Å²) in [6.45, 7) is 6.22. The first-order valence-corrected chi connectivity index (χ1v) is 26.5. The number of aliphatic hydroxyl groups is 2. The molecule has 3 N–H and O–H groups in total. The van der Waals surface area contributed by atoms with E-state index in [1.54, 1.807) is 0 Å². The molecule has 366 valence electrons. The molecule has 0 saturated carbocycles. The fraction of sp³-hybridized carbons (Fsp3) is 0.690. The van der Waals surface area contributed by atoms with Gasteiger partial charge in [0, 0.05) is 6.42 Å². The summed E-state index contributed by atoms with van der Waals surface area (Å²) in [5.74, 6) is -0.599. The third-order valence-corrected chi connectivity index (χ3v) is 11.5. The van der Waals surface area contributed by atoms with Gasteiger partial charge in [0.2, 0.25) is 5.91 Å². The number of ether oxygens (including phenoxy) is 1. The van der Waals surface area contributed by atoms with Gasteiger partial charge in [0.05, 0.1) is 25.2 Å². The number of unbranched alkanes of at least 4 members (excludes halogenated alkanes) is 20. The number of allylic oxidation sites excluding steroid dienone is 16. The molecule has 0 aliphatic carbocycles. The number of nitrogens with one attached hydrogen (secondary N) is 1. The standard InChI is InChI=1S/C58H99NO5/c1-4-7-10-13-16-19-22-25-27-29-32-35-38-41-44-47-50-56(61)55(53-60)59-57(62)52-54(49-46-43-40-37-34-31-24-21-18-15-12-9-6-3)64-58(63)51-48-45-42-39-36-33-30-28-26-23-20-17-14-11-8-5-2/h8-9,11-12,15,17-18,20-21,24,26,28,33,36,42,45,54-56,60-61H,4-7,10,13-14,16,19,22-23,25,27,29-32,34-35,37-41,43-44,46-53H2,1-3H3,(H,59,62)/b11-8+,12-9+,18-15+,20-17+,24-21+,28-26+,36-33+,45-42+. The maximum absolute atomic E-state index is 13.2. The Morgan fingerprint density at radius 2 is 0.922 bits per heavy atom. The van der Waals surface area contributed by atoms with E-state index in [2.05, 4.69) is 117 Å². The maximum atomic E-state index is 13.2. The molecule has 0 aromatic heterocycles. The fourth-order valence-corrected chi connectivity index (χ4v) is 7.54. The maximum Gasteiger partial charge on any atom is 0.306 e. The average Bonchev–Trinajstić information content (AvgIpc) is 3.29. The van der Waals surface area contributed by atoms with Crippen molar-refractivity contribution in [1.82, 2.24) is 5.32 Å². The van der Waals surface area contributed by atoms with Gasteiger partial charge in [0.25, 0.3) is 0 Å². The molecule has 3 atom stereocenters. The van der Waals surface area contributed by atoms with E-state index in [-0.39, 0.29) is 31.3 Å². The Kier molecular flexibility index (Phi) is 48.2. The van der Waals surface area contributed by atoms with Crippen molar-refractivity contribution in [2.75, 3.05) is 6.61 Å². The van der Waals surface area contributed by atoms with Crippen molar-refractivity contribution in [3.8, 4) is 0 Å². The van der Waals surface area contributed by atoms with Gasteiger partial charge in [-0.25, -0.2) is 0 Å². The van der Waals surface area contributed by atoms with Crippen LogP contribution in [0.5, 0.6) is 0 Å². The lowest BCUT2D eigenvalue weighted by molar-refractivity contribution is -0.150. The Morgan fingerprint density at radius 1 is 0.484 bits per heavy atom. The summed E-state index contributed by atoms with van der Waals surface area (Å²) in [6.07, 6.45) is 67.6. The summed E-state index contributed by atoms with van der Waals surface area (Å²) < 4.78 is 5.88. The van der Waals surface area contributed by atoms with Gasteiger partial charge in [-0.1, -0.05) is 240 Å². The van der Waals surface area contributed by atoms with E-state index in [0.29, 0.717) is 19.3 Å². The minimum absolute atomic E-state index is 0.0292. The van der Waals surface area contributed by atoms with Crippen molar-refractivity contribution in [3.05, 3.63) is 97.2 Å². The van der Waals surface area contributed by atoms with E-state index in [4.69, 9.17) is 4.74 Å². The highest BCUT2D eigenvalue weighted by Gasteiger charge is 2.24. The molecule has 0 fully saturated rings. The molecule has 0 heterocycles. The average molecular weight is 890 g/mol. The topological polar surface area (TPSA) is 95.9 Å². The van der Waals surface area contributed by atoms with Crippen LogP contribution in [-0.4, -0.2) is 46.9 Å². The van der Waals surface area contributed by atoms with Gasteiger partial charge in [-0.3, -0.25) is 9.59 Å². The molecule has 0 bridgehead atoms. The van der Waals surface area contributed by atoms with Crippen LogP contribution in [0.2, 0.25) is 0 Å². The number of carbonyl (C=O) groups excluding carboxylic acids is 2. The van der Waals surface area contributed by atoms with Crippen LogP contribution in [0.25, 0.3) is 0 Å². The fourth-order valence-electron chi connectivity index (χ4n) is 7.54. The molecule has 64 heavy (non-hydrogen) atoms. The number of esters is 1. The largest absolute Gasteiger partial charge is 0.462 e. The van der Waals surface area contributed by atoms with Crippen LogP contribution in [0.1, 0.15) is 233 Å². The van der Waals surface area contributed by atoms with Gasteiger partial charge in [-0.15, -0.1) is 0 Å². The quantitative estimate of drug-likeness (QED) is 0.0245. The smallest absolute Gasteiger partial charge is 0.306 e. The van der Waals surface area contributed by atoms with Gasteiger partial charge in [0.15, 0.2) is 0 Å². The minimum Gasteiger partial charge on any atom is -0.462 e. The van der Waals surface area contributed by atoms with Crippen LogP contribution in [0.4, 0.5) is 0 Å². The first-order valence-electron chi connectivity index (χ1n) is 26.5. The number of amides is 1. The van der Waals surface area contributed by atoms with E-state index in [9.17, 15) is 19.8 Å². The predicted octanol–water partition coefficient (Wildman–Crippen LogP) is 16.1. The molecule has 0 aromatic carbocycles. The van der Waals surface area contributed by atoms with Crippen LogP contribution < -0.4 is 5.32 Å². The highest BCUT2D eigenvalue weighted by atomic mass is 16.5. The lowest BCUT2D eigenvalue weighted by Gasteiger charge is -2.24. The van der Waals surface area contributed by atoms with Crippen LogP contribution in [0, 0.1) is 0 Å². The Balaban J connectivity index is 4.68. The molecule has 6 heteroatoms. The first kappa shape index (κ1) is 60.8. The van der Waals surface area contributed by atoms with Gasteiger partial charge in [-0.05, 0) is 77.0 Å². The van der Waals surface area contributed by atoms with Gasteiger partial charge >= 0.3 is 5.97 Å². The Labute approximate surface area is 395 Å². The molecular weight excluding hydrogens is 791 g/mol. The van der Waals surface area contributed by atoms with Crippen molar-refractivity contribution in [2.24, 2.45) is 0 Å². The summed E-state index contributed by atoms with van der Waals surface area (Å²) in [4.78, 5) is 26.1. The second-order valence-electron chi connectivity index (χ2n) is 17.6. The van der Waals surface area contributed by atoms with Crippen molar-refractivity contribution in [1.29, 1.82) is 0 Å². The number of rotatable bonds is 46. The second-order valence-corrected chi connectivity index (χ2v) is 17.6. The molecule has 3 unspecified atom stereocenters. The number of aliphatic hydroxyl groups excluding tert-OH is 2. The van der Waals surface area contributed by atoms with Crippen LogP contribution in [0.3, 0.4) is 0 Å². The second kappa shape index (κ2) is 50.8. The number of carbonyl (C=O) groups is 2. The molecule has 0 radical (unpaired) electrons. The van der Waals surface area contributed by atoms with Crippen molar-refractivity contribution >= 4 is 11.9 Å². The van der Waals surface area contributed by atoms with E-state index in [1.807, 2.05) is 6.08 Å². The summed E-state index contributed by atoms with van der Waals surface area (Å²) in [5, 5.41) is 23.8. The van der Waals surface area contributed by atoms with Gasteiger partial charge < -0.3 is 20.3 Å². The Bertz CT molecular complexity index is 1270. The van der Waals surface area contributed by atoms with E-state index in [0.717, 1.165) is 96.3 Å². The zero-order valence-electron chi connectivity index (χ0n) is 41.6. The Morgan fingerprint density at radius 3 is 1.42 bits per heavy atom. The molecule has 0 spiro atoms. The third kappa shape index (κ3) is 45.4. The molecule has 0 aromatic rings. The zero-order chi connectivity index (χ0) is 46.7. The highest BCUT2D eigenvalue weighted by molar-refractivity contribution is 5.77. The van der Waals surface area contributed by atoms with E-state index in [1.165, 1.54) is 83.5 Å². The van der Waals surface area contributed by atoms with Crippen LogP contribution in [-0.2, 0) is 14.3 Å². The van der Waals surface area contributed by atoms with Gasteiger partial charge in [0.1, 0.15) is 6.10 Å². The number of hydrogen-bond donors (Lipinski definition) is 3. The predicted molar refractivity (Wildman–Crippen MR) is 277 cm³/mol. The van der Waals surface area contributed by atoms with E-state index < -0.39 is 18.2 Å². The first-order chi connectivity index (χ1) is 31.5. The molecular formula is C58H99NO5. The van der Waals surface area contributed by atoms with Crippen LogP contribution >= 0.6 is 0 Å². The minimum atomic E-state index is -0.811. The molecule has 0 saturated heterocycles. The van der Waals surface area contributed by atoms with Crippen molar-refractivity contribution < 1.29 is 24.5 Å². The Hall–Kier alpha value is -3.22. The normalized spacial score (nSPS) is 14.0. The molecule has 0 rings (SSSR count). The number of hydrogen-bond acceptors (Lipinski definition) is 5. The summed E-state index contributed by atoms with van der Waals surface area (Å²) in [7, 11) is 0. The lowest BCUT2D eigenvalue weighted by atomic mass is 10.0. The van der Waals surface area contributed by atoms with Crippen molar-refractivity contribution in [3.63, 3.8) is 0 Å². The SMILES string of the molecule is CC/C=C/C=C/C=C/CCCCCCCC(CC(=O)NC(CO)C(O)CCCCCCCCCCCCCCCCCC)OC(=O)CC/C=C/C/C=C/C/C=C/C/C=C/C/C=C/CC. The van der Waals surface area contributed by atoms with E-state index >= 15 is 0 Å². The van der Waals surface area contributed by atoms with Gasteiger partial charge in [-0.2, -0.15) is 0 Å². The summed E-state index contributed by atoms with van der Waals surface area (Å²) >= 11 is 0. The molecule has 0 aliphatic heterocycles. The molecule has 6 nitrogen and oxygen atoms in total. The van der Waals surface area contributed by atoms with Crippen LogP contribution in [0.15, 0.2) is 97.2 Å². The summed E-state index contributed by atoms with van der Waals surface area (Å²) in [6, 6.07) is -0.729. The zero-order valence-corrected chi connectivity index (χ0v) is 41.6. The monoisotopic (exact) mass is 890 g/mol. The van der Waals surface area contributed by atoms with Crippen molar-refractivity contribution in [2.45, 2.75) is 251 Å². The lowest BCUT2D eigenvalue weighted by Crippen LogP contribution is -2.46. The molecule has 0 aliphatic rings. The molecule has 1 amide bonds. The third-order valence-electron chi connectivity index (χ3n) is 11.5. The summed E-state index contributed by atoms with van der Waals surface area (Å²) in [5.41, 5.74) is 0.